The van der Waals surface area contributed by atoms with Gasteiger partial charge in [-0.1, -0.05) is 24.3 Å². The zero-order valence-electron chi connectivity index (χ0n) is 10.5. The van der Waals surface area contributed by atoms with Gasteiger partial charge in [-0.15, -0.1) is 0 Å². The molecule has 2 rings (SSSR count). The molecular weight excluding hydrogens is 312 g/mol. The quantitative estimate of drug-likeness (QED) is 0.867. The molecular formula is C15H14BrF2N. The van der Waals surface area contributed by atoms with Crippen LogP contribution in [0, 0.1) is 11.6 Å². The van der Waals surface area contributed by atoms with E-state index in [1.807, 2.05) is 13.0 Å². The molecule has 100 valence electrons. The van der Waals surface area contributed by atoms with E-state index in [1.54, 1.807) is 24.3 Å². The van der Waals surface area contributed by atoms with E-state index in [9.17, 15) is 8.78 Å². The standard InChI is InChI=1S/C15H14BrF2N/c1-10(12-4-2-3-5-14(12)17)19-9-11-6-7-13(16)15(18)8-11/h2-8,10,19H,9H2,1H3. The first-order valence-electron chi connectivity index (χ1n) is 5.99. The van der Waals surface area contributed by atoms with Gasteiger partial charge in [-0.25, -0.2) is 8.78 Å². The van der Waals surface area contributed by atoms with Crippen molar-refractivity contribution in [1.82, 2.24) is 5.32 Å². The Labute approximate surface area is 119 Å². The van der Waals surface area contributed by atoms with Crippen molar-refractivity contribution in [3.8, 4) is 0 Å². The van der Waals surface area contributed by atoms with E-state index in [2.05, 4.69) is 21.2 Å². The van der Waals surface area contributed by atoms with Gasteiger partial charge in [0.25, 0.3) is 0 Å². The minimum Gasteiger partial charge on any atom is -0.306 e. The number of rotatable bonds is 4. The molecule has 0 aromatic heterocycles. The molecule has 2 aromatic rings. The predicted octanol–water partition coefficient (Wildman–Crippen LogP) is 4.58. The Bertz CT molecular complexity index is 572. The SMILES string of the molecule is CC(NCc1ccc(Br)c(F)c1)c1ccccc1F. The molecule has 1 unspecified atom stereocenters. The van der Waals surface area contributed by atoms with Crippen molar-refractivity contribution < 1.29 is 8.78 Å². The van der Waals surface area contributed by atoms with E-state index in [1.165, 1.54) is 12.1 Å². The van der Waals surface area contributed by atoms with Crippen LogP contribution >= 0.6 is 15.9 Å². The first-order valence-corrected chi connectivity index (χ1v) is 6.79. The highest BCUT2D eigenvalue weighted by atomic mass is 79.9. The lowest BCUT2D eigenvalue weighted by Crippen LogP contribution is -2.19. The van der Waals surface area contributed by atoms with Crippen LogP contribution in [0.1, 0.15) is 24.1 Å². The van der Waals surface area contributed by atoms with Gasteiger partial charge < -0.3 is 5.32 Å². The van der Waals surface area contributed by atoms with Crippen molar-refractivity contribution in [2.75, 3.05) is 0 Å². The number of nitrogens with one attached hydrogen (secondary N) is 1. The third-order valence-electron chi connectivity index (χ3n) is 2.97. The van der Waals surface area contributed by atoms with Gasteiger partial charge in [0.2, 0.25) is 0 Å². The molecule has 4 heteroatoms. The van der Waals surface area contributed by atoms with Crippen LogP contribution in [0.4, 0.5) is 8.78 Å². The van der Waals surface area contributed by atoms with Crippen LogP contribution in [0.2, 0.25) is 0 Å². The smallest absolute Gasteiger partial charge is 0.137 e. The fourth-order valence-corrected chi connectivity index (χ4v) is 2.10. The third-order valence-corrected chi connectivity index (χ3v) is 3.61. The summed E-state index contributed by atoms with van der Waals surface area (Å²) in [6.45, 7) is 2.37. The van der Waals surface area contributed by atoms with E-state index in [0.29, 0.717) is 16.6 Å². The van der Waals surface area contributed by atoms with Gasteiger partial charge in [-0.2, -0.15) is 0 Å². The van der Waals surface area contributed by atoms with Crippen LogP contribution in [-0.4, -0.2) is 0 Å². The fraction of sp³-hybridized carbons (Fsp3) is 0.200. The number of hydrogen-bond donors (Lipinski definition) is 1. The largest absolute Gasteiger partial charge is 0.306 e. The predicted molar refractivity (Wildman–Crippen MR) is 75.8 cm³/mol. The average molecular weight is 326 g/mol. The molecule has 0 fully saturated rings. The average Bonchev–Trinajstić information content (AvgIpc) is 2.40. The maximum absolute atomic E-state index is 13.6. The highest BCUT2D eigenvalue weighted by molar-refractivity contribution is 9.10. The molecule has 0 aliphatic heterocycles. The molecule has 0 spiro atoms. The molecule has 19 heavy (non-hydrogen) atoms. The monoisotopic (exact) mass is 325 g/mol. The van der Waals surface area contributed by atoms with Crippen LogP contribution in [0.3, 0.4) is 0 Å². The summed E-state index contributed by atoms with van der Waals surface area (Å²) in [5.74, 6) is -0.526. The molecule has 0 radical (unpaired) electrons. The summed E-state index contributed by atoms with van der Waals surface area (Å²) in [6.07, 6.45) is 0. The molecule has 0 aliphatic rings. The summed E-state index contributed by atoms with van der Waals surface area (Å²) in [7, 11) is 0. The Kier molecular flexibility index (Phi) is 4.66. The summed E-state index contributed by atoms with van der Waals surface area (Å²) >= 11 is 3.11. The molecule has 0 bridgehead atoms. The van der Waals surface area contributed by atoms with E-state index in [0.717, 1.165) is 5.56 Å². The molecule has 0 saturated heterocycles. The molecule has 0 amide bonds. The Morgan fingerprint density at radius 2 is 1.84 bits per heavy atom. The Hall–Kier alpha value is -1.26. The summed E-state index contributed by atoms with van der Waals surface area (Å²) in [5.41, 5.74) is 1.43. The lowest BCUT2D eigenvalue weighted by Gasteiger charge is -2.15. The zero-order valence-corrected chi connectivity index (χ0v) is 12.0. The zero-order chi connectivity index (χ0) is 13.8. The second-order valence-electron chi connectivity index (χ2n) is 4.37. The van der Waals surface area contributed by atoms with Crippen molar-refractivity contribution in [3.63, 3.8) is 0 Å². The number of halogens is 3. The molecule has 0 aliphatic carbocycles. The van der Waals surface area contributed by atoms with Crippen LogP contribution in [0.15, 0.2) is 46.9 Å². The van der Waals surface area contributed by atoms with Gasteiger partial charge in [-0.3, -0.25) is 0 Å². The summed E-state index contributed by atoms with van der Waals surface area (Å²) in [4.78, 5) is 0. The van der Waals surface area contributed by atoms with E-state index in [4.69, 9.17) is 0 Å². The van der Waals surface area contributed by atoms with Crippen LogP contribution in [0.25, 0.3) is 0 Å². The molecule has 0 saturated carbocycles. The first kappa shape index (κ1) is 14.2. The normalized spacial score (nSPS) is 12.4. The Morgan fingerprint density at radius 1 is 1.11 bits per heavy atom. The van der Waals surface area contributed by atoms with Crippen LogP contribution in [-0.2, 0) is 6.54 Å². The second-order valence-corrected chi connectivity index (χ2v) is 5.23. The minimum atomic E-state index is -0.294. The van der Waals surface area contributed by atoms with Gasteiger partial charge in [0.05, 0.1) is 4.47 Å². The van der Waals surface area contributed by atoms with Crippen molar-refractivity contribution in [2.24, 2.45) is 0 Å². The molecule has 1 nitrogen and oxygen atoms in total. The minimum absolute atomic E-state index is 0.132. The van der Waals surface area contributed by atoms with Gasteiger partial charge in [0.15, 0.2) is 0 Å². The van der Waals surface area contributed by atoms with Gasteiger partial charge in [-0.05, 0) is 46.6 Å². The highest BCUT2D eigenvalue weighted by Crippen LogP contribution is 2.19. The van der Waals surface area contributed by atoms with Crippen LogP contribution in [0.5, 0.6) is 0 Å². The summed E-state index contributed by atoms with van der Waals surface area (Å²) in [5, 5.41) is 3.18. The Balaban J connectivity index is 2.02. The maximum atomic E-state index is 13.6. The van der Waals surface area contributed by atoms with Gasteiger partial charge in [0.1, 0.15) is 11.6 Å². The topological polar surface area (TPSA) is 12.0 Å². The van der Waals surface area contributed by atoms with Gasteiger partial charge in [0, 0.05) is 18.2 Å². The molecule has 1 atom stereocenters. The summed E-state index contributed by atoms with van der Waals surface area (Å²) in [6, 6.07) is 11.5. The van der Waals surface area contributed by atoms with E-state index < -0.39 is 0 Å². The maximum Gasteiger partial charge on any atom is 0.137 e. The molecule has 1 N–H and O–H groups in total. The van der Waals surface area contributed by atoms with Crippen molar-refractivity contribution in [1.29, 1.82) is 0 Å². The van der Waals surface area contributed by atoms with E-state index in [-0.39, 0.29) is 17.7 Å². The lowest BCUT2D eigenvalue weighted by atomic mass is 10.1. The van der Waals surface area contributed by atoms with Gasteiger partial charge >= 0.3 is 0 Å². The lowest BCUT2D eigenvalue weighted by molar-refractivity contribution is 0.526. The summed E-state index contributed by atoms with van der Waals surface area (Å²) < 4.78 is 27.4. The fourth-order valence-electron chi connectivity index (χ4n) is 1.86. The van der Waals surface area contributed by atoms with E-state index >= 15 is 0 Å². The third kappa shape index (κ3) is 3.61. The second kappa shape index (κ2) is 6.26. The van der Waals surface area contributed by atoms with Crippen LogP contribution < -0.4 is 5.32 Å². The van der Waals surface area contributed by atoms with Crippen molar-refractivity contribution in [2.45, 2.75) is 19.5 Å². The number of hydrogen-bond acceptors (Lipinski definition) is 1. The highest BCUT2D eigenvalue weighted by Gasteiger charge is 2.09. The van der Waals surface area contributed by atoms with Crippen molar-refractivity contribution >= 4 is 15.9 Å². The Morgan fingerprint density at radius 3 is 2.53 bits per heavy atom. The molecule has 2 aromatic carbocycles. The first-order chi connectivity index (χ1) is 9.08. The molecule has 0 heterocycles. The number of benzene rings is 2. The van der Waals surface area contributed by atoms with Crippen molar-refractivity contribution in [3.05, 3.63) is 69.7 Å².